The van der Waals surface area contributed by atoms with Crippen molar-refractivity contribution < 1.29 is 14.3 Å². The first-order valence-corrected chi connectivity index (χ1v) is 9.18. The summed E-state index contributed by atoms with van der Waals surface area (Å²) in [6.45, 7) is 3.75. The lowest BCUT2D eigenvalue weighted by molar-refractivity contribution is -0.151. The van der Waals surface area contributed by atoms with Gasteiger partial charge in [-0.3, -0.25) is 4.79 Å². The fourth-order valence-electron chi connectivity index (χ4n) is 2.43. The maximum Gasteiger partial charge on any atom is 0.314 e. The van der Waals surface area contributed by atoms with Gasteiger partial charge in [-0.2, -0.15) is 0 Å². The topological polar surface area (TPSA) is 35.5 Å². The molecule has 2 rings (SSSR count). The van der Waals surface area contributed by atoms with E-state index >= 15 is 0 Å². The number of ether oxygens (including phenoxy) is 2. The van der Waals surface area contributed by atoms with E-state index in [0.29, 0.717) is 17.1 Å². The van der Waals surface area contributed by atoms with Crippen molar-refractivity contribution in [1.82, 2.24) is 0 Å². The second kappa shape index (κ2) is 10.1. The normalized spacial score (nSPS) is 12.6. The van der Waals surface area contributed by atoms with Crippen molar-refractivity contribution in [2.45, 2.75) is 20.0 Å². The molecule has 0 amide bonds. The maximum absolute atomic E-state index is 12.5. The summed E-state index contributed by atoms with van der Waals surface area (Å²) in [6.07, 6.45) is 6.21. The Labute approximate surface area is 169 Å². The van der Waals surface area contributed by atoms with Crippen molar-refractivity contribution in [3.8, 4) is 23.8 Å². The lowest BCUT2D eigenvalue weighted by Gasteiger charge is -2.20. The molecule has 0 aliphatic heterocycles. The number of esters is 1. The van der Waals surface area contributed by atoms with Crippen LogP contribution in [0.4, 0.5) is 0 Å². The van der Waals surface area contributed by atoms with Crippen molar-refractivity contribution in [2.24, 2.45) is 11.8 Å². The van der Waals surface area contributed by atoms with Gasteiger partial charge >= 0.3 is 5.97 Å². The summed E-state index contributed by atoms with van der Waals surface area (Å²) in [5.74, 6) is 2.68. The summed E-state index contributed by atoms with van der Waals surface area (Å²) in [4.78, 5) is 12.5. The highest BCUT2D eigenvalue weighted by atomic mass is 35.5. The predicted molar refractivity (Wildman–Crippen MR) is 109 cm³/mol. The fourth-order valence-corrected chi connectivity index (χ4v) is 2.70. The first-order valence-electron chi connectivity index (χ1n) is 8.43. The van der Waals surface area contributed by atoms with Crippen LogP contribution in [0.1, 0.15) is 25.5 Å². The number of benzene rings is 2. The van der Waals surface area contributed by atoms with Crippen LogP contribution >= 0.6 is 23.2 Å². The molecule has 0 aliphatic carbocycles. The molecule has 0 saturated heterocycles. The largest absolute Gasteiger partial charge is 0.457 e. The average molecular weight is 403 g/mol. The number of terminal acetylenes is 1. The summed E-state index contributed by atoms with van der Waals surface area (Å²) >= 11 is 11.4. The van der Waals surface area contributed by atoms with Gasteiger partial charge in [-0.05, 0) is 36.3 Å². The van der Waals surface area contributed by atoms with E-state index < -0.39 is 18.0 Å². The fraction of sp³-hybridized carbons (Fsp3) is 0.227. The van der Waals surface area contributed by atoms with E-state index in [0.717, 1.165) is 0 Å². The highest BCUT2D eigenvalue weighted by Gasteiger charge is 2.25. The summed E-state index contributed by atoms with van der Waals surface area (Å²) in [7, 11) is 0. The van der Waals surface area contributed by atoms with Gasteiger partial charge in [0.25, 0.3) is 0 Å². The van der Waals surface area contributed by atoms with Crippen molar-refractivity contribution in [3.63, 3.8) is 0 Å². The van der Waals surface area contributed by atoms with Crippen LogP contribution in [0.15, 0.2) is 65.2 Å². The lowest BCUT2D eigenvalue weighted by Crippen LogP contribution is -2.22. The van der Waals surface area contributed by atoms with E-state index in [1.807, 2.05) is 44.2 Å². The molecule has 27 heavy (non-hydrogen) atoms. The van der Waals surface area contributed by atoms with Crippen molar-refractivity contribution in [1.29, 1.82) is 0 Å². The predicted octanol–water partition coefficient (Wildman–Crippen LogP) is 6.29. The molecule has 140 valence electrons. The van der Waals surface area contributed by atoms with Crippen LogP contribution in [0.5, 0.6) is 11.5 Å². The third-order valence-electron chi connectivity index (χ3n) is 3.82. The van der Waals surface area contributed by atoms with Gasteiger partial charge in [-0.25, -0.2) is 0 Å². The molecule has 2 atom stereocenters. The Kier molecular flexibility index (Phi) is 7.79. The third kappa shape index (κ3) is 6.36. The Bertz CT molecular complexity index is 834. The second-order valence-corrected chi connectivity index (χ2v) is 7.21. The van der Waals surface area contributed by atoms with E-state index in [2.05, 4.69) is 5.92 Å². The van der Waals surface area contributed by atoms with Gasteiger partial charge in [0.2, 0.25) is 0 Å². The molecule has 0 fully saturated rings. The minimum absolute atomic E-state index is 0.0150. The second-order valence-electron chi connectivity index (χ2n) is 6.20. The zero-order valence-electron chi connectivity index (χ0n) is 15.1. The Morgan fingerprint density at radius 1 is 1.07 bits per heavy atom. The number of hydrogen-bond donors (Lipinski definition) is 0. The molecule has 0 bridgehead atoms. The Balaban J connectivity index is 2.17. The molecule has 0 saturated carbocycles. The molecule has 0 aliphatic rings. The van der Waals surface area contributed by atoms with E-state index in [9.17, 15) is 4.79 Å². The van der Waals surface area contributed by atoms with Crippen LogP contribution < -0.4 is 4.74 Å². The number of rotatable bonds is 7. The first-order chi connectivity index (χ1) is 12.9. The standard InChI is InChI=1S/C22H20Cl2O3/c1-4-20(27-22(25)19(15(2)3)14-21(23)24)16-9-8-12-18(13-16)26-17-10-6-5-7-11-17/h1,5-15,19-20H,2-3H3. The quantitative estimate of drug-likeness (QED) is 0.403. The van der Waals surface area contributed by atoms with E-state index in [4.69, 9.17) is 39.1 Å². The van der Waals surface area contributed by atoms with Crippen molar-refractivity contribution in [2.75, 3.05) is 0 Å². The smallest absolute Gasteiger partial charge is 0.314 e. The summed E-state index contributed by atoms with van der Waals surface area (Å²) < 4.78 is 11.3. The van der Waals surface area contributed by atoms with Gasteiger partial charge in [0.15, 0.2) is 6.10 Å². The van der Waals surface area contributed by atoms with Gasteiger partial charge < -0.3 is 9.47 Å². The number of hydrogen-bond acceptors (Lipinski definition) is 3. The minimum Gasteiger partial charge on any atom is -0.457 e. The Morgan fingerprint density at radius 2 is 1.74 bits per heavy atom. The number of halogens is 2. The van der Waals surface area contributed by atoms with Crippen LogP contribution in [0.25, 0.3) is 0 Å². The number of para-hydroxylation sites is 1. The van der Waals surface area contributed by atoms with Gasteiger partial charge in [0.1, 0.15) is 16.0 Å². The molecule has 3 nitrogen and oxygen atoms in total. The van der Waals surface area contributed by atoms with Crippen LogP contribution in [-0.2, 0) is 9.53 Å². The summed E-state index contributed by atoms with van der Waals surface area (Å²) in [6, 6.07) is 16.5. The monoisotopic (exact) mass is 402 g/mol. The van der Waals surface area contributed by atoms with Crippen molar-refractivity contribution >= 4 is 29.2 Å². The molecular weight excluding hydrogens is 383 g/mol. The first kappa shape index (κ1) is 20.9. The van der Waals surface area contributed by atoms with E-state index in [-0.39, 0.29) is 10.4 Å². The molecule has 2 aromatic rings. The zero-order chi connectivity index (χ0) is 19.8. The number of carbonyl (C=O) groups excluding carboxylic acids is 1. The Hall–Kier alpha value is -2.41. The average Bonchev–Trinajstić information content (AvgIpc) is 2.64. The van der Waals surface area contributed by atoms with Crippen LogP contribution in [0.2, 0.25) is 0 Å². The molecule has 2 unspecified atom stereocenters. The molecule has 0 N–H and O–H groups in total. The molecule has 0 aromatic heterocycles. The highest BCUT2D eigenvalue weighted by molar-refractivity contribution is 6.55. The lowest BCUT2D eigenvalue weighted by atomic mass is 9.96. The summed E-state index contributed by atoms with van der Waals surface area (Å²) in [5.41, 5.74) is 0.641. The van der Waals surface area contributed by atoms with Crippen molar-refractivity contribution in [3.05, 3.63) is 70.7 Å². The minimum atomic E-state index is -0.847. The molecule has 0 heterocycles. The van der Waals surface area contributed by atoms with E-state index in [1.165, 1.54) is 6.08 Å². The molecule has 5 heteroatoms. The Morgan fingerprint density at radius 3 is 2.33 bits per heavy atom. The van der Waals surface area contributed by atoms with Gasteiger partial charge in [-0.15, -0.1) is 6.42 Å². The SMILES string of the molecule is C#CC(OC(=O)C(C=C(Cl)Cl)C(C)C)c1cccc(Oc2ccccc2)c1. The molecular formula is C22H20Cl2O3. The highest BCUT2D eigenvalue weighted by Crippen LogP contribution is 2.28. The van der Waals surface area contributed by atoms with Gasteiger partial charge in [0.05, 0.1) is 5.92 Å². The van der Waals surface area contributed by atoms with Gasteiger partial charge in [-0.1, -0.05) is 73.3 Å². The van der Waals surface area contributed by atoms with E-state index in [1.54, 1.807) is 24.3 Å². The molecule has 0 spiro atoms. The molecule has 2 aromatic carbocycles. The number of carbonyl (C=O) groups is 1. The summed E-state index contributed by atoms with van der Waals surface area (Å²) in [5, 5.41) is 0. The van der Waals surface area contributed by atoms with Crippen LogP contribution in [0, 0.1) is 24.2 Å². The molecule has 0 radical (unpaired) electrons. The van der Waals surface area contributed by atoms with Crippen LogP contribution in [-0.4, -0.2) is 5.97 Å². The zero-order valence-corrected chi connectivity index (χ0v) is 16.6. The maximum atomic E-state index is 12.5. The third-order valence-corrected chi connectivity index (χ3v) is 4.07. The van der Waals surface area contributed by atoms with Crippen LogP contribution in [0.3, 0.4) is 0 Å². The van der Waals surface area contributed by atoms with Gasteiger partial charge in [0, 0.05) is 5.56 Å².